The van der Waals surface area contributed by atoms with Crippen LogP contribution in [0.1, 0.15) is 69.1 Å². The predicted molar refractivity (Wildman–Crippen MR) is 142 cm³/mol. The molecule has 0 spiro atoms. The number of nitrogens with zero attached hydrogens (tertiary/aromatic N) is 4. The number of morpholine rings is 1. The summed E-state index contributed by atoms with van der Waals surface area (Å²) in [5.41, 5.74) is 1.20. The van der Waals surface area contributed by atoms with E-state index in [0.717, 1.165) is 30.6 Å². The maximum absolute atomic E-state index is 13.3. The molecule has 3 heterocycles. The summed E-state index contributed by atoms with van der Waals surface area (Å²) < 4.78 is 7.79. The Morgan fingerprint density at radius 1 is 1.09 bits per heavy atom. The van der Waals surface area contributed by atoms with Crippen molar-refractivity contribution in [2.75, 3.05) is 37.7 Å². The van der Waals surface area contributed by atoms with Gasteiger partial charge in [0.2, 0.25) is 0 Å². The molecule has 2 saturated heterocycles. The van der Waals surface area contributed by atoms with Gasteiger partial charge in [-0.25, -0.2) is 0 Å². The highest BCUT2D eigenvalue weighted by Gasteiger charge is 2.33. The Morgan fingerprint density at radius 3 is 2.44 bits per heavy atom. The summed E-state index contributed by atoms with van der Waals surface area (Å²) >= 11 is 6.83. The van der Waals surface area contributed by atoms with Gasteiger partial charge >= 0.3 is 0 Å². The van der Waals surface area contributed by atoms with E-state index in [-0.39, 0.29) is 17.0 Å². The number of pyridine rings is 1. The Bertz CT molecular complexity index is 1050. The number of thiocarbonyl (C=S) groups is 1. The van der Waals surface area contributed by atoms with Crippen LogP contribution in [-0.4, -0.2) is 52.5 Å². The number of thioether (sulfide) groups is 1. The summed E-state index contributed by atoms with van der Waals surface area (Å²) in [5.74, 6) is 0.668. The third-order valence-corrected chi connectivity index (χ3v) is 7.62. The van der Waals surface area contributed by atoms with Crippen molar-refractivity contribution in [3.05, 3.63) is 31.9 Å². The summed E-state index contributed by atoms with van der Waals surface area (Å²) in [5, 5.41) is 9.75. The van der Waals surface area contributed by atoms with Crippen LogP contribution in [0.4, 0.5) is 5.82 Å². The topological polar surface area (TPSA) is 78.6 Å². The largest absolute Gasteiger partial charge is 0.378 e. The molecule has 0 unspecified atom stereocenters. The van der Waals surface area contributed by atoms with E-state index in [9.17, 15) is 14.9 Å². The minimum Gasteiger partial charge on any atom is -0.378 e. The van der Waals surface area contributed by atoms with Crippen molar-refractivity contribution in [2.45, 2.75) is 65.8 Å². The van der Waals surface area contributed by atoms with E-state index >= 15 is 0 Å². The molecule has 0 atom stereocenters. The van der Waals surface area contributed by atoms with Gasteiger partial charge < -0.3 is 9.64 Å². The van der Waals surface area contributed by atoms with Gasteiger partial charge in [-0.3, -0.25) is 19.1 Å². The molecule has 0 aromatic carbocycles. The van der Waals surface area contributed by atoms with Crippen LogP contribution in [0, 0.1) is 18.3 Å². The zero-order chi connectivity index (χ0) is 24.7. The van der Waals surface area contributed by atoms with Gasteiger partial charge in [-0.1, -0.05) is 63.5 Å². The molecule has 1 amide bonds. The number of nitriles is 1. The predicted octanol–water partition coefficient (Wildman–Crippen LogP) is 4.45. The quantitative estimate of drug-likeness (QED) is 0.266. The number of hydrogen-bond donors (Lipinski definition) is 0. The zero-order valence-electron chi connectivity index (χ0n) is 20.4. The molecule has 7 nitrogen and oxygen atoms in total. The fraction of sp³-hybridized carbons (Fsp3) is 0.600. The van der Waals surface area contributed by atoms with E-state index in [1.165, 1.54) is 31.0 Å². The first-order chi connectivity index (χ1) is 16.4. The van der Waals surface area contributed by atoms with Gasteiger partial charge in [0.05, 0.1) is 18.1 Å². The maximum Gasteiger partial charge on any atom is 0.270 e. The molecule has 0 bridgehead atoms. The van der Waals surface area contributed by atoms with Gasteiger partial charge in [0, 0.05) is 31.7 Å². The van der Waals surface area contributed by atoms with Crippen LogP contribution in [0.25, 0.3) is 6.08 Å². The van der Waals surface area contributed by atoms with E-state index < -0.39 is 0 Å². The molecule has 34 heavy (non-hydrogen) atoms. The van der Waals surface area contributed by atoms with E-state index in [0.29, 0.717) is 54.2 Å². The third-order valence-electron chi connectivity index (χ3n) is 6.24. The first-order valence-electron chi connectivity index (χ1n) is 12.2. The number of hydrogen-bond acceptors (Lipinski definition) is 7. The van der Waals surface area contributed by atoms with Gasteiger partial charge in [-0.2, -0.15) is 5.26 Å². The van der Waals surface area contributed by atoms with Gasteiger partial charge in [-0.15, -0.1) is 0 Å². The van der Waals surface area contributed by atoms with Crippen LogP contribution in [-0.2, 0) is 16.1 Å². The normalized spacial score (nSPS) is 17.6. The highest BCUT2D eigenvalue weighted by Crippen LogP contribution is 2.36. The molecule has 2 aliphatic heterocycles. The molecule has 1 aromatic rings. The Labute approximate surface area is 211 Å². The molecule has 0 saturated carbocycles. The fourth-order valence-electron chi connectivity index (χ4n) is 4.39. The van der Waals surface area contributed by atoms with E-state index in [4.69, 9.17) is 17.0 Å². The monoisotopic (exact) mass is 502 g/mol. The van der Waals surface area contributed by atoms with Crippen LogP contribution < -0.4 is 10.5 Å². The number of anilines is 1. The maximum atomic E-state index is 13.3. The van der Waals surface area contributed by atoms with Gasteiger partial charge in [0.25, 0.3) is 11.5 Å². The van der Waals surface area contributed by atoms with Crippen molar-refractivity contribution in [2.24, 2.45) is 0 Å². The zero-order valence-corrected chi connectivity index (χ0v) is 22.0. The third kappa shape index (κ3) is 5.73. The molecular weight excluding hydrogens is 468 g/mol. The van der Waals surface area contributed by atoms with Crippen molar-refractivity contribution >= 4 is 46.1 Å². The van der Waals surface area contributed by atoms with Gasteiger partial charge in [0.15, 0.2) is 0 Å². The standard InChI is InChI=1S/C25H34N4O3S2/c1-4-6-7-8-9-11-29-24(31)21(34-25(29)33)16-19-18(3)20(17-26)23(30)28(10-5-2)22(19)27-12-14-32-15-13-27/h16H,4-15H2,1-3H3/b21-16+. The number of aromatic nitrogens is 1. The lowest BCUT2D eigenvalue weighted by atomic mass is 10.0. The van der Waals surface area contributed by atoms with Crippen molar-refractivity contribution in [3.63, 3.8) is 0 Å². The highest BCUT2D eigenvalue weighted by molar-refractivity contribution is 8.26. The number of rotatable bonds is 10. The molecule has 184 valence electrons. The Hall–Kier alpha value is -2.15. The first-order valence-corrected chi connectivity index (χ1v) is 13.4. The SMILES string of the molecule is CCCCCCCN1C(=O)/C(=C\c2c(C)c(C#N)c(=O)n(CCC)c2N2CCOCC2)SC1=S. The Balaban J connectivity index is 2.02. The lowest BCUT2D eigenvalue weighted by Gasteiger charge is -2.33. The number of unbranched alkanes of at least 4 members (excludes halogenated alkanes) is 4. The molecular formula is C25H34N4O3S2. The molecule has 1 aromatic heterocycles. The van der Waals surface area contributed by atoms with E-state index in [1.54, 1.807) is 16.4 Å². The lowest BCUT2D eigenvalue weighted by Crippen LogP contribution is -2.41. The van der Waals surface area contributed by atoms with Crippen LogP contribution >= 0.6 is 24.0 Å². The number of carbonyl (C=O) groups is 1. The van der Waals surface area contributed by atoms with Crippen molar-refractivity contribution in [3.8, 4) is 6.07 Å². The molecule has 0 aliphatic carbocycles. The summed E-state index contributed by atoms with van der Waals surface area (Å²) in [6.45, 7) is 9.54. The van der Waals surface area contributed by atoms with Crippen molar-refractivity contribution in [1.82, 2.24) is 9.47 Å². The van der Waals surface area contributed by atoms with Crippen LogP contribution in [0.2, 0.25) is 0 Å². The lowest BCUT2D eigenvalue weighted by molar-refractivity contribution is -0.122. The van der Waals surface area contributed by atoms with Gasteiger partial charge in [-0.05, 0) is 31.4 Å². The summed E-state index contributed by atoms with van der Waals surface area (Å²) in [7, 11) is 0. The molecule has 2 aliphatic rings. The second-order valence-corrected chi connectivity index (χ2v) is 10.3. The van der Waals surface area contributed by atoms with Crippen molar-refractivity contribution in [1.29, 1.82) is 5.26 Å². The highest BCUT2D eigenvalue weighted by atomic mass is 32.2. The number of carbonyl (C=O) groups excluding carboxylic acids is 1. The van der Waals surface area contributed by atoms with Crippen LogP contribution in [0.15, 0.2) is 9.70 Å². The molecule has 9 heteroatoms. The molecule has 0 N–H and O–H groups in total. The average Bonchev–Trinajstić information content (AvgIpc) is 3.10. The smallest absolute Gasteiger partial charge is 0.270 e. The summed E-state index contributed by atoms with van der Waals surface area (Å²) in [6.07, 6.45) is 8.15. The first kappa shape index (κ1) is 26.5. The molecule has 2 fully saturated rings. The summed E-state index contributed by atoms with van der Waals surface area (Å²) in [6, 6.07) is 2.10. The minimum atomic E-state index is -0.278. The van der Waals surface area contributed by atoms with E-state index in [1.807, 2.05) is 13.0 Å². The van der Waals surface area contributed by atoms with Crippen LogP contribution in [0.3, 0.4) is 0 Å². The number of ether oxygens (including phenoxy) is 1. The fourth-order valence-corrected chi connectivity index (χ4v) is 5.68. The molecule has 0 radical (unpaired) electrons. The molecule has 3 rings (SSSR count). The number of amides is 1. The van der Waals surface area contributed by atoms with Crippen molar-refractivity contribution < 1.29 is 9.53 Å². The average molecular weight is 503 g/mol. The Morgan fingerprint density at radius 2 is 1.79 bits per heavy atom. The summed E-state index contributed by atoms with van der Waals surface area (Å²) in [4.78, 5) is 30.8. The second-order valence-electron chi connectivity index (χ2n) is 8.65. The van der Waals surface area contributed by atoms with Crippen LogP contribution in [0.5, 0.6) is 0 Å². The van der Waals surface area contributed by atoms with Gasteiger partial charge in [0.1, 0.15) is 21.8 Å². The van der Waals surface area contributed by atoms with E-state index in [2.05, 4.69) is 17.9 Å². The Kier molecular flexibility index (Phi) is 9.74. The minimum absolute atomic E-state index is 0.0930. The second kappa shape index (κ2) is 12.5.